The van der Waals surface area contributed by atoms with Gasteiger partial charge in [-0.1, -0.05) is 162 Å². The van der Waals surface area contributed by atoms with E-state index in [1.807, 2.05) is 0 Å². The molecule has 1 saturated heterocycles. The Morgan fingerprint density at radius 3 is 1.45 bits per heavy atom. The number of allylic oxidation sites excluding steroid dienone is 16. The van der Waals surface area contributed by atoms with Crippen LogP contribution in [0.25, 0.3) is 0 Å². The van der Waals surface area contributed by atoms with Crippen molar-refractivity contribution in [3.8, 4) is 0 Å². The first-order chi connectivity index (χ1) is 29.4. The van der Waals surface area contributed by atoms with E-state index in [1.54, 1.807) is 0 Å². The second-order valence-electron chi connectivity index (χ2n) is 15.4. The van der Waals surface area contributed by atoms with Crippen LogP contribution >= 0.6 is 0 Å². The van der Waals surface area contributed by atoms with Crippen molar-refractivity contribution in [2.75, 3.05) is 26.4 Å². The van der Waals surface area contributed by atoms with Crippen LogP contribution in [-0.4, -0.2) is 89.6 Å². The van der Waals surface area contributed by atoms with Crippen LogP contribution in [0.15, 0.2) is 97.2 Å². The molecule has 4 N–H and O–H groups in total. The third kappa shape index (κ3) is 31.9. The minimum absolute atomic E-state index is 0.0990. The Bertz CT molecular complexity index is 1230. The standard InChI is InChI=1S/C51H84O9/c1-3-5-7-9-11-13-15-17-19-20-21-22-23-24-25-26-27-28-30-32-34-36-38-40-47(53)59-45(44-58-51-50(56)49(55)48(54)46(42-52)60-51)43-57-41-39-37-35-33-31-29-18-16-14-12-10-8-6-4-2/h5-8,11-14,17-19,21-22,29,33,35,45-46,48-52,54-56H,3-4,9-10,15-16,20,23-28,30-32,34,36-44H2,1-2H3/b7-5-,8-6-,13-11-,14-12-,19-17-,22-21-,29-18-,35-33-. The molecule has 1 rings (SSSR count). The molecule has 60 heavy (non-hydrogen) atoms. The zero-order valence-electron chi connectivity index (χ0n) is 37.4. The first-order valence-electron chi connectivity index (χ1n) is 23.3. The second-order valence-corrected chi connectivity index (χ2v) is 15.4. The van der Waals surface area contributed by atoms with Crippen molar-refractivity contribution in [1.29, 1.82) is 0 Å². The molecule has 342 valence electrons. The lowest BCUT2D eigenvalue weighted by Gasteiger charge is -2.39. The van der Waals surface area contributed by atoms with Gasteiger partial charge >= 0.3 is 5.97 Å². The van der Waals surface area contributed by atoms with Crippen molar-refractivity contribution >= 4 is 5.97 Å². The van der Waals surface area contributed by atoms with Gasteiger partial charge in [0.2, 0.25) is 0 Å². The SMILES string of the molecule is CC/C=C\C/C=C\C/C=C\C/C=C\CCCCCCCCCCCCC(=O)OC(COCCC/C=C\C/C=C\C/C=C\C/C=C\CC)COC1OC(CO)C(O)C(O)C1O. The number of esters is 1. The number of aliphatic hydroxyl groups excluding tert-OH is 4. The summed E-state index contributed by atoms with van der Waals surface area (Å²) in [5.74, 6) is -0.342. The molecular formula is C51H84O9. The van der Waals surface area contributed by atoms with E-state index in [1.165, 1.54) is 44.9 Å². The number of carbonyl (C=O) groups excluding carboxylic acids is 1. The summed E-state index contributed by atoms with van der Waals surface area (Å²) in [6.07, 6.45) is 50.2. The van der Waals surface area contributed by atoms with E-state index in [0.717, 1.165) is 89.9 Å². The highest BCUT2D eigenvalue weighted by Crippen LogP contribution is 2.22. The van der Waals surface area contributed by atoms with Crippen molar-refractivity contribution in [3.63, 3.8) is 0 Å². The van der Waals surface area contributed by atoms with Gasteiger partial charge in [0.15, 0.2) is 6.29 Å². The lowest BCUT2D eigenvalue weighted by Crippen LogP contribution is -2.59. The number of hydrogen-bond acceptors (Lipinski definition) is 9. The first-order valence-corrected chi connectivity index (χ1v) is 23.3. The third-order valence-electron chi connectivity index (χ3n) is 10.00. The number of ether oxygens (including phenoxy) is 4. The highest BCUT2D eigenvalue weighted by Gasteiger charge is 2.44. The molecule has 9 nitrogen and oxygen atoms in total. The van der Waals surface area contributed by atoms with Crippen LogP contribution in [0.1, 0.15) is 155 Å². The molecule has 1 heterocycles. The van der Waals surface area contributed by atoms with E-state index >= 15 is 0 Å². The molecule has 6 unspecified atom stereocenters. The summed E-state index contributed by atoms with van der Waals surface area (Å²) in [5.41, 5.74) is 0. The fourth-order valence-electron chi connectivity index (χ4n) is 6.43. The molecule has 0 spiro atoms. The maximum atomic E-state index is 12.8. The summed E-state index contributed by atoms with van der Waals surface area (Å²) < 4.78 is 22.7. The van der Waals surface area contributed by atoms with Crippen molar-refractivity contribution in [1.82, 2.24) is 0 Å². The van der Waals surface area contributed by atoms with Crippen LogP contribution < -0.4 is 0 Å². The Labute approximate surface area is 364 Å². The summed E-state index contributed by atoms with van der Waals surface area (Å²) in [5, 5.41) is 40.1. The number of aliphatic hydroxyl groups is 4. The quantitative estimate of drug-likeness (QED) is 0.0272. The van der Waals surface area contributed by atoms with Gasteiger partial charge in [-0.2, -0.15) is 0 Å². The summed E-state index contributed by atoms with van der Waals surface area (Å²) in [6.45, 7) is 4.16. The van der Waals surface area contributed by atoms with E-state index in [4.69, 9.17) is 18.9 Å². The molecule has 1 aliphatic heterocycles. The maximum Gasteiger partial charge on any atom is 0.306 e. The minimum Gasteiger partial charge on any atom is -0.457 e. The average molecular weight is 841 g/mol. The lowest BCUT2D eigenvalue weighted by molar-refractivity contribution is -0.305. The summed E-state index contributed by atoms with van der Waals surface area (Å²) in [7, 11) is 0. The molecule has 1 fully saturated rings. The fraction of sp³-hybridized carbons (Fsp3) is 0.667. The van der Waals surface area contributed by atoms with Crippen LogP contribution in [0.4, 0.5) is 0 Å². The molecule has 0 aromatic heterocycles. The molecule has 9 heteroatoms. The first kappa shape index (κ1) is 55.1. The largest absolute Gasteiger partial charge is 0.457 e. The normalized spacial score (nSPS) is 20.9. The van der Waals surface area contributed by atoms with Gasteiger partial charge in [0.25, 0.3) is 0 Å². The molecular weight excluding hydrogens is 757 g/mol. The molecule has 0 aliphatic carbocycles. The maximum absolute atomic E-state index is 12.8. The summed E-state index contributed by atoms with van der Waals surface area (Å²) >= 11 is 0. The summed E-state index contributed by atoms with van der Waals surface area (Å²) in [6, 6.07) is 0. The van der Waals surface area contributed by atoms with Gasteiger partial charge in [-0.3, -0.25) is 4.79 Å². The summed E-state index contributed by atoms with van der Waals surface area (Å²) in [4.78, 5) is 12.8. The molecule has 0 aromatic rings. The van der Waals surface area contributed by atoms with Crippen molar-refractivity contribution < 1.29 is 44.2 Å². The topological polar surface area (TPSA) is 135 Å². The van der Waals surface area contributed by atoms with Crippen LogP contribution in [0.2, 0.25) is 0 Å². The lowest BCUT2D eigenvalue weighted by atomic mass is 9.99. The monoisotopic (exact) mass is 841 g/mol. The van der Waals surface area contributed by atoms with Gasteiger partial charge in [-0.25, -0.2) is 0 Å². The number of unbranched alkanes of at least 4 members (excludes halogenated alkanes) is 11. The Kier molecular flexibility index (Phi) is 38.1. The Hall–Kier alpha value is -2.89. The van der Waals surface area contributed by atoms with Crippen LogP contribution in [-0.2, 0) is 23.7 Å². The predicted molar refractivity (Wildman–Crippen MR) is 246 cm³/mol. The number of carbonyl (C=O) groups is 1. The highest BCUT2D eigenvalue weighted by molar-refractivity contribution is 5.69. The molecule has 0 radical (unpaired) electrons. The fourth-order valence-corrected chi connectivity index (χ4v) is 6.43. The van der Waals surface area contributed by atoms with E-state index in [9.17, 15) is 25.2 Å². The van der Waals surface area contributed by atoms with Crippen molar-refractivity contribution in [3.05, 3.63) is 97.2 Å². The predicted octanol–water partition coefficient (Wildman–Crippen LogP) is 10.8. The van der Waals surface area contributed by atoms with Crippen LogP contribution in [0.3, 0.4) is 0 Å². The highest BCUT2D eigenvalue weighted by atomic mass is 16.7. The number of rotatable bonds is 38. The molecule has 0 bridgehead atoms. The van der Waals surface area contributed by atoms with Crippen molar-refractivity contribution in [2.45, 2.75) is 192 Å². The molecule has 0 aromatic carbocycles. The average Bonchev–Trinajstić information content (AvgIpc) is 3.25. The van der Waals surface area contributed by atoms with E-state index in [2.05, 4.69) is 111 Å². The molecule has 6 atom stereocenters. The second kappa shape index (κ2) is 41.5. The van der Waals surface area contributed by atoms with Gasteiger partial charge in [-0.05, 0) is 83.5 Å². The van der Waals surface area contributed by atoms with E-state index in [0.29, 0.717) is 13.0 Å². The molecule has 0 saturated carbocycles. The van der Waals surface area contributed by atoms with Crippen molar-refractivity contribution in [2.24, 2.45) is 0 Å². The zero-order valence-corrected chi connectivity index (χ0v) is 37.4. The van der Waals surface area contributed by atoms with Gasteiger partial charge in [0.05, 0.1) is 19.8 Å². The third-order valence-corrected chi connectivity index (χ3v) is 10.00. The Morgan fingerprint density at radius 1 is 0.533 bits per heavy atom. The van der Waals surface area contributed by atoms with E-state index < -0.39 is 43.4 Å². The molecule has 1 aliphatic rings. The van der Waals surface area contributed by atoms with Crippen LogP contribution in [0.5, 0.6) is 0 Å². The minimum atomic E-state index is -1.55. The van der Waals surface area contributed by atoms with E-state index in [-0.39, 0.29) is 19.2 Å². The smallest absolute Gasteiger partial charge is 0.306 e. The Morgan fingerprint density at radius 2 is 0.967 bits per heavy atom. The van der Waals surface area contributed by atoms with Crippen LogP contribution in [0, 0.1) is 0 Å². The van der Waals surface area contributed by atoms with Gasteiger partial charge in [0.1, 0.15) is 30.5 Å². The van der Waals surface area contributed by atoms with Gasteiger partial charge < -0.3 is 39.4 Å². The molecule has 0 amide bonds. The Balaban J connectivity index is 2.26. The zero-order chi connectivity index (χ0) is 43.6. The van der Waals surface area contributed by atoms with Gasteiger partial charge in [-0.15, -0.1) is 0 Å². The number of hydrogen-bond donors (Lipinski definition) is 4. The van der Waals surface area contributed by atoms with Gasteiger partial charge in [0, 0.05) is 13.0 Å².